The third-order valence-corrected chi connectivity index (χ3v) is 4.17. The van der Waals surface area contributed by atoms with E-state index >= 15 is 0 Å². The van der Waals surface area contributed by atoms with E-state index < -0.39 is 5.60 Å². The zero-order chi connectivity index (χ0) is 16.8. The highest BCUT2D eigenvalue weighted by Gasteiger charge is 2.31. The summed E-state index contributed by atoms with van der Waals surface area (Å²) in [6.07, 6.45) is 0.638. The molecule has 0 spiro atoms. The van der Waals surface area contributed by atoms with Gasteiger partial charge in [0.1, 0.15) is 12.4 Å². The van der Waals surface area contributed by atoms with Gasteiger partial charge in [-0.3, -0.25) is 4.79 Å². The van der Waals surface area contributed by atoms with Crippen molar-refractivity contribution in [3.05, 3.63) is 65.7 Å². The number of hydrogen-bond donors (Lipinski definition) is 3. The average Bonchev–Trinajstić information content (AvgIpc) is 3.06. The number of para-hydroxylation sites is 1. The van der Waals surface area contributed by atoms with Crippen molar-refractivity contribution < 1.29 is 14.6 Å². The van der Waals surface area contributed by atoms with Gasteiger partial charge in [-0.1, -0.05) is 42.5 Å². The molecule has 0 bridgehead atoms. The molecule has 2 aromatic rings. The molecule has 1 saturated heterocycles. The molecular formula is C19H22N2O3. The van der Waals surface area contributed by atoms with E-state index in [1.54, 1.807) is 18.2 Å². The summed E-state index contributed by atoms with van der Waals surface area (Å²) in [5, 5.41) is 16.2. The molecule has 1 heterocycles. The zero-order valence-electron chi connectivity index (χ0n) is 13.5. The summed E-state index contributed by atoms with van der Waals surface area (Å²) in [4.78, 5) is 12.5. The largest absolute Gasteiger partial charge is 0.488 e. The van der Waals surface area contributed by atoms with Crippen LogP contribution in [0.15, 0.2) is 54.6 Å². The number of rotatable bonds is 6. The molecule has 3 N–H and O–H groups in total. The Morgan fingerprint density at radius 1 is 1.17 bits per heavy atom. The minimum atomic E-state index is -0.866. The van der Waals surface area contributed by atoms with Crippen molar-refractivity contribution in [3.63, 3.8) is 0 Å². The second-order valence-electron chi connectivity index (χ2n) is 6.10. The third-order valence-electron chi connectivity index (χ3n) is 4.17. The Bertz CT molecular complexity index is 682. The quantitative estimate of drug-likeness (QED) is 0.756. The van der Waals surface area contributed by atoms with Crippen LogP contribution in [0.1, 0.15) is 22.3 Å². The first-order valence-corrected chi connectivity index (χ1v) is 8.13. The van der Waals surface area contributed by atoms with E-state index in [9.17, 15) is 9.90 Å². The molecule has 5 nitrogen and oxygen atoms in total. The highest BCUT2D eigenvalue weighted by atomic mass is 16.5. The van der Waals surface area contributed by atoms with Crippen LogP contribution >= 0.6 is 0 Å². The summed E-state index contributed by atoms with van der Waals surface area (Å²) in [5.74, 6) is 0.300. The molecule has 5 heteroatoms. The van der Waals surface area contributed by atoms with Gasteiger partial charge in [-0.25, -0.2) is 0 Å². The Kier molecular flexibility index (Phi) is 5.13. The van der Waals surface area contributed by atoms with Gasteiger partial charge < -0.3 is 20.5 Å². The lowest BCUT2D eigenvalue weighted by Gasteiger charge is -2.22. The normalized spacial score (nSPS) is 19.9. The number of β-amino-alcohol motifs (C(OH)–C–C–N with tert-alkyl or cyclic N) is 1. The van der Waals surface area contributed by atoms with E-state index in [-0.39, 0.29) is 12.5 Å². The van der Waals surface area contributed by atoms with Crippen LogP contribution in [0.2, 0.25) is 0 Å². The van der Waals surface area contributed by atoms with Gasteiger partial charge in [-0.15, -0.1) is 0 Å². The van der Waals surface area contributed by atoms with E-state index in [0.29, 0.717) is 30.9 Å². The van der Waals surface area contributed by atoms with Crippen LogP contribution in [0.5, 0.6) is 5.75 Å². The lowest BCUT2D eigenvalue weighted by molar-refractivity contribution is 0.0560. The molecular weight excluding hydrogens is 304 g/mol. The molecule has 24 heavy (non-hydrogen) atoms. The summed E-state index contributed by atoms with van der Waals surface area (Å²) >= 11 is 0. The molecule has 0 unspecified atom stereocenters. The van der Waals surface area contributed by atoms with Crippen molar-refractivity contribution in [2.24, 2.45) is 0 Å². The van der Waals surface area contributed by atoms with Gasteiger partial charge in [-0.2, -0.15) is 0 Å². The van der Waals surface area contributed by atoms with E-state index in [2.05, 4.69) is 10.6 Å². The number of ether oxygens (including phenoxy) is 1. The fourth-order valence-electron chi connectivity index (χ4n) is 2.74. The van der Waals surface area contributed by atoms with Gasteiger partial charge in [0.05, 0.1) is 11.2 Å². The molecule has 1 atom stereocenters. The van der Waals surface area contributed by atoms with E-state index in [0.717, 1.165) is 12.1 Å². The minimum Gasteiger partial charge on any atom is -0.488 e. The topological polar surface area (TPSA) is 70.6 Å². The molecule has 0 radical (unpaired) electrons. The molecule has 3 rings (SSSR count). The fourth-order valence-corrected chi connectivity index (χ4v) is 2.74. The highest BCUT2D eigenvalue weighted by molar-refractivity contribution is 5.96. The second-order valence-corrected chi connectivity index (χ2v) is 6.10. The van der Waals surface area contributed by atoms with Crippen molar-refractivity contribution in [2.75, 3.05) is 19.6 Å². The first kappa shape index (κ1) is 16.5. The standard InChI is InChI=1S/C19H22N2O3/c22-18(21-14-19(23)10-11-20-13-19)16-8-4-5-9-17(16)24-12-15-6-2-1-3-7-15/h1-9,20,23H,10-14H2,(H,21,22)/t19-/m1/s1. The summed E-state index contributed by atoms with van der Waals surface area (Å²) in [6.45, 7) is 1.90. The Morgan fingerprint density at radius 2 is 1.92 bits per heavy atom. The molecule has 0 aromatic heterocycles. The Morgan fingerprint density at radius 3 is 2.67 bits per heavy atom. The number of benzene rings is 2. The lowest BCUT2D eigenvalue weighted by Crippen LogP contribution is -2.44. The molecule has 126 valence electrons. The maximum atomic E-state index is 12.5. The predicted molar refractivity (Wildman–Crippen MR) is 92.0 cm³/mol. The Hall–Kier alpha value is -2.37. The molecule has 1 aliphatic heterocycles. The van der Waals surface area contributed by atoms with Gasteiger partial charge in [-0.05, 0) is 30.7 Å². The van der Waals surface area contributed by atoms with Crippen LogP contribution < -0.4 is 15.4 Å². The molecule has 1 fully saturated rings. The van der Waals surface area contributed by atoms with Crippen molar-refractivity contribution in [1.82, 2.24) is 10.6 Å². The SMILES string of the molecule is O=C(NC[C@@]1(O)CCNC1)c1ccccc1OCc1ccccc1. The van der Waals surface area contributed by atoms with Crippen LogP contribution in [0.25, 0.3) is 0 Å². The number of aliphatic hydroxyl groups is 1. The van der Waals surface area contributed by atoms with E-state index in [1.807, 2.05) is 36.4 Å². The van der Waals surface area contributed by atoms with Gasteiger partial charge >= 0.3 is 0 Å². The van der Waals surface area contributed by atoms with Crippen LogP contribution in [-0.2, 0) is 6.61 Å². The fraction of sp³-hybridized carbons (Fsp3) is 0.316. The first-order valence-electron chi connectivity index (χ1n) is 8.13. The number of amides is 1. The van der Waals surface area contributed by atoms with Crippen molar-refractivity contribution in [3.8, 4) is 5.75 Å². The Balaban J connectivity index is 1.63. The summed E-state index contributed by atoms with van der Waals surface area (Å²) in [7, 11) is 0. The Labute approximate surface area is 141 Å². The predicted octanol–water partition coefficient (Wildman–Crippen LogP) is 1.72. The van der Waals surface area contributed by atoms with Crippen LogP contribution in [0.4, 0.5) is 0 Å². The monoisotopic (exact) mass is 326 g/mol. The maximum Gasteiger partial charge on any atom is 0.255 e. The molecule has 0 saturated carbocycles. The van der Waals surface area contributed by atoms with Crippen molar-refractivity contribution in [2.45, 2.75) is 18.6 Å². The lowest BCUT2D eigenvalue weighted by atomic mass is 10.0. The summed E-state index contributed by atoms with van der Waals surface area (Å²) in [6, 6.07) is 17.0. The molecule has 0 aliphatic carbocycles. The van der Waals surface area contributed by atoms with Gasteiger partial charge in [0.2, 0.25) is 0 Å². The number of carbonyl (C=O) groups excluding carboxylic acids is 1. The number of hydrogen-bond acceptors (Lipinski definition) is 4. The smallest absolute Gasteiger partial charge is 0.255 e. The zero-order valence-corrected chi connectivity index (χ0v) is 13.5. The van der Waals surface area contributed by atoms with Gasteiger partial charge in [0.15, 0.2) is 0 Å². The maximum absolute atomic E-state index is 12.5. The third kappa shape index (κ3) is 4.13. The number of nitrogens with one attached hydrogen (secondary N) is 2. The van der Waals surface area contributed by atoms with Crippen LogP contribution in [-0.4, -0.2) is 36.2 Å². The molecule has 1 amide bonds. The van der Waals surface area contributed by atoms with Crippen molar-refractivity contribution >= 4 is 5.91 Å². The summed E-state index contributed by atoms with van der Waals surface area (Å²) < 4.78 is 5.81. The average molecular weight is 326 g/mol. The van der Waals surface area contributed by atoms with Crippen molar-refractivity contribution in [1.29, 1.82) is 0 Å². The van der Waals surface area contributed by atoms with E-state index in [1.165, 1.54) is 0 Å². The van der Waals surface area contributed by atoms with E-state index in [4.69, 9.17) is 4.74 Å². The molecule has 2 aromatic carbocycles. The highest BCUT2D eigenvalue weighted by Crippen LogP contribution is 2.20. The van der Waals surface area contributed by atoms with Crippen LogP contribution in [0.3, 0.4) is 0 Å². The minimum absolute atomic E-state index is 0.228. The first-order chi connectivity index (χ1) is 11.7. The van der Waals surface area contributed by atoms with Gasteiger partial charge in [0, 0.05) is 13.1 Å². The van der Waals surface area contributed by atoms with Gasteiger partial charge in [0.25, 0.3) is 5.91 Å². The second kappa shape index (κ2) is 7.47. The van der Waals surface area contributed by atoms with Crippen LogP contribution in [0, 0.1) is 0 Å². The summed E-state index contributed by atoms with van der Waals surface area (Å²) in [5.41, 5.74) is 0.650. The number of carbonyl (C=O) groups is 1. The molecule has 1 aliphatic rings.